The molecule has 6 aromatic rings. The van der Waals surface area contributed by atoms with Gasteiger partial charge in [0.15, 0.2) is 0 Å². The molecule has 3 saturated heterocycles. The minimum atomic E-state index is -1.08. The Morgan fingerprint density at radius 3 is 1.08 bits per heavy atom. The van der Waals surface area contributed by atoms with Gasteiger partial charge in [-0.25, -0.2) is 0 Å². The van der Waals surface area contributed by atoms with Gasteiger partial charge in [0.2, 0.25) is 0 Å². The SMILES string of the molecule is Brc1cccc(-c2cccc(-c3ccccc3)c2)c1.C.CC.CC(=O)[O-].CC1(C)OB(B2OC(C)(C)C(C)(C)O2)OC1(C)C.CC1(C)OB(c2cccc(-c3cccc(-c4ccccc4)c3)c2)OC1(C)C.COC1CCCC1.[K+]. The summed E-state index contributed by atoms with van der Waals surface area (Å²) in [6.45, 7) is 29.5. The number of hydrogen-bond donors (Lipinski definition) is 0. The third kappa shape index (κ3) is 19.5. The van der Waals surface area contributed by atoms with E-state index in [4.69, 9.17) is 42.6 Å². The van der Waals surface area contributed by atoms with E-state index in [1.165, 1.54) is 70.2 Å². The van der Waals surface area contributed by atoms with Crippen LogP contribution in [0.2, 0.25) is 0 Å². The molecule has 0 N–H and O–H groups in total. The fourth-order valence-corrected chi connectivity index (χ4v) is 9.05. The Kier molecular flexibility index (Phi) is 27.4. The molecule has 1 aliphatic carbocycles. The van der Waals surface area contributed by atoms with Crippen molar-refractivity contribution >= 4 is 48.5 Å². The predicted molar refractivity (Wildman–Crippen MR) is 328 cm³/mol. The number of methoxy groups -OCH3 is 1. The van der Waals surface area contributed by atoms with Crippen LogP contribution in [-0.2, 0) is 37.5 Å². The molecule has 0 aromatic heterocycles. The molecule has 10 rings (SSSR count). The molecule has 0 amide bonds. The van der Waals surface area contributed by atoms with Crippen LogP contribution in [0.1, 0.15) is 137 Å². The molecule has 79 heavy (non-hydrogen) atoms. The van der Waals surface area contributed by atoms with Crippen LogP contribution in [0.25, 0.3) is 44.5 Å². The largest absolute Gasteiger partial charge is 1.00 e. The first-order valence-corrected chi connectivity index (χ1v) is 28.0. The summed E-state index contributed by atoms with van der Waals surface area (Å²) in [6, 6.07) is 55.1. The quantitative estimate of drug-likeness (QED) is 0.145. The molecule has 0 radical (unpaired) electrons. The summed E-state index contributed by atoms with van der Waals surface area (Å²) in [5.74, 6) is -1.08. The molecule has 4 aliphatic rings. The van der Waals surface area contributed by atoms with E-state index in [-0.39, 0.29) is 99.5 Å². The second-order valence-corrected chi connectivity index (χ2v) is 23.4. The van der Waals surface area contributed by atoms with Crippen LogP contribution in [-0.4, -0.2) is 73.9 Å². The van der Waals surface area contributed by atoms with Crippen LogP contribution in [0.5, 0.6) is 0 Å². The molecular weight excluding hydrogens is 1080 g/mol. The second-order valence-electron chi connectivity index (χ2n) is 22.5. The first-order valence-electron chi connectivity index (χ1n) is 27.2. The van der Waals surface area contributed by atoms with E-state index >= 15 is 0 Å². The van der Waals surface area contributed by atoms with Gasteiger partial charge in [-0.3, -0.25) is 0 Å². The van der Waals surface area contributed by atoms with Crippen LogP contribution in [0.3, 0.4) is 0 Å². The van der Waals surface area contributed by atoms with Gasteiger partial charge < -0.3 is 42.6 Å². The van der Waals surface area contributed by atoms with Gasteiger partial charge in [0, 0.05) is 17.6 Å². The summed E-state index contributed by atoms with van der Waals surface area (Å²) in [4.78, 5) is 8.89. The molecule has 4 fully saturated rings. The number of benzene rings is 6. The number of carbonyl (C=O) groups is 1. The van der Waals surface area contributed by atoms with Gasteiger partial charge in [0.05, 0.1) is 39.7 Å². The number of halogens is 1. The molecule has 6 aromatic carbocycles. The van der Waals surface area contributed by atoms with Gasteiger partial charge >= 0.3 is 72.5 Å². The van der Waals surface area contributed by atoms with Crippen molar-refractivity contribution in [2.45, 2.75) is 177 Å². The van der Waals surface area contributed by atoms with E-state index in [1.54, 1.807) is 7.11 Å². The third-order valence-electron chi connectivity index (χ3n) is 15.2. The van der Waals surface area contributed by atoms with Crippen LogP contribution in [0, 0.1) is 0 Å². The van der Waals surface area contributed by atoms with Gasteiger partial charge in [-0.1, -0.05) is 184 Å². The number of carbonyl (C=O) groups excluding carboxylic acids is 1. The zero-order chi connectivity index (χ0) is 56.8. The van der Waals surface area contributed by atoms with Gasteiger partial charge in [-0.05, 0) is 177 Å². The van der Waals surface area contributed by atoms with Crippen molar-refractivity contribution < 1.29 is 93.9 Å². The molecule has 3 heterocycles. The van der Waals surface area contributed by atoms with Crippen molar-refractivity contribution in [3.8, 4) is 44.5 Å². The van der Waals surface area contributed by atoms with Crippen molar-refractivity contribution in [1.82, 2.24) is 0 Å². The van der Waals surface area contributed by atoms with Crippen LogP contribution in [0.15, 0.2) is 162 Å². The monoisotopic (exact) mass is 1160 g/mol. The normalized spacial score (nSPS) is 18.4. The number of carboxylic acids is 1. The maximum atomic E-state index is 8.89. The third-order valence-corrected chi connectivity index (χ3v) is 15.7. The minimum absolute atomic E-state index is 0. The molecule has 14 heteroatoms. The average Bonchev–Trinajstić information content (AvgIpc) is 4.14. The van der Waals surface area contributed by atoms with E-state index in [1.807, 2.05) is 87.4 Å². The molecule has 0 spiro atoms. The number of ether oxygens (including phenoxy) is 1. The van der Waals surface area contributed by atoms with Crippen molar-refractivity contribution in [1.29, 1.82) is 0 Å². The Labute approximate surface area is 528 Å². The summed E-state index contributed by atoms with van der Waals surface area (Å²) >= 11 is 3.52. The standard InChI is InChI=1S/C24H25BO2.C18H13Br.C12H24B2O4.C6H12O.C2H4O2.C2H6.CH4.K/c1-23(2)24(3,4)27-25(26-23)22-15-9-14-21(17-22)20-13-8-12-19(16-20)18-10-6-5-7-11-18;19-18-11-5-10-17(13-18)16-9-4-8-15(12-16)14-6-2-1-3-7-14;1-9(2)10(3,4)16-13(15-9)14-17-11(5,6)12(7,8)18-14;1-7-6-4-2-3-5-6;1-2(3)4;1-2;;/h5-17H,1-4H3;1-13H;1-8H3;6H,2-5H2,1H3;1H3,(H,3,4);1-2H3;1H4;/q;;;;;;;+1/p-1. The van der Waals surface area contributed by atoms with Gasteiger partial charge in [-0.15, -0.1) is 0 Å². The van der Waals surface area contributed by atoms with Crippen molar-refractivity contribution in [2.75, 3.05) is 7.11 Å². The van der Waals surface area contributed by atoms with Crippen LogP contribution >= 0.6 is 15.9 Å². The van der Waals surface area contributed by atoms with Crippen LogP contribution < -0.4 is 62.0 Å². The summed E-state index contributed by atoms with van der Waals surface area (Å²) in [5.41, 5.74) is 8.71. The molecule has 1 saturated carbocycles. The minimum Gasteiger partial charge on any atom is -0.550 e. The summed E-state index contributed by atoms with van der Waals surface area (Å²) in [5, 5.41) is 8.89. The van der Waals surface area contributed by atoms with E-state index in [0.717, 1.165) is 16.9 Å². The molecule has 9 nitrogen and oxygen atoms in total. The summed E-state index contributed by atoms with van der Waals surface area (Å²) < 4.78 is 42.5. The molecule has 0 bridgehead atoms. The van der Waals surface area contributed by atoms with Crippen LogP contribution in [0.4, 0.5) is 0 Å². The maximum Gasteiger partial charge on any atom is 1.00 e. The van der Waals surface area contributed by atoms with E-state index in [9.17, 15) is 0 Å². The van der Waals surface area contributed by atoms with E-state index < -0.39 is 20.0 Å². The van der Waals surface area contributed by atoms with Gasteiger partial charge in [-0.2, -0.15) is 0 Å². The zero-order valence-corrected chi connectivity index (χ0v) is 54.4. The van der Waals surface area contributed by atoms with E-state index in [2.05, 4.69) is 183 Å². The Hall–Kier alpha value is -3.18. The number of aliphatic carboxylic acids is 1. The first kappa shape index (κ1) is 70.1. The van der Waals surface area contributed by atoms with Gasteiger partial charge in [0.1, 0.15) is 0 Å². The van der Waals surface area contributed by atoms with Crippen molar-refractivity contribution in [3.05, 3.63) is 162 Å². The molecular formula is C65H87B3BrKO9. The Balaban J connectivity index is 0.000000281. The Morgan fingerprint density at radius 2 is 0.747 bits per heavy atom. The molecule has 418 valence electrons. The maximum absolute atomic E-state index is 8.89. The Morgan fingerprint density at radius 1 is 0.468 bits per heavy atom. The van der Waals surface area contributed by atoms with Crippen molar-refractivity contribution in [2.24, 2.45) is 0 Å². The van der Waals surface area contributed by atoms with Gasteiger partial charge in [0.25, 0.3) is 0 Å². The predicted octanol–water partition coefficient (Wildman–Crippen LogP) is 12.3. The number of rotatable bonds is 7. The molecule has 3 aliphatic heterocycles. The summed E-state index contributed by atoms with van der Waals surface area (Å²) in [6.07, 6.45) is 5.92. The molecule has 0 unspecified atom stereocenters. The fraction of sp³-hybridized carbons (Fsp3) is 0.431. The zero-order valence-electron chi connectivity index (χ0n) is 49.7. The first-order chi connectivity index (χ1) is 36.2. The molecule has 0 atom stereocenters. The van der Waals surface area contributed by atoms with E-state index in [0.29, 0.717) is 6.10 Å². The fourth-order valence-electron chi connectivity index (χ4n) is 8.65. The average molecular weight is 1160 g/mol. The Bertz CT molecular complexity index is 2700. The smallest absolute Gasteiger partial charge is 0.550 e. The summed E-state index contributed by atoms with van der Waals surface area (Å²) in [7, 11) is 0.509. The van der Waals surface area contributed by atoms with Crippen molar-refractivity contribution in [3.63, 3.8) is 0 Å². The second kappa shape index (κ2) is 30.9. The number of carboxylic acid groups (broad SMARTS) is 1. The number of hydrogen-bond acceptors (Lipinski definition) is 9. The topological polar surface area (TPSA) is 105 Å².